The number of hydrogen-bond donors (Lipinski definition) is 1. The smallest absolute Gasteiger partial charge is 0.209 e. The summed E-state index contributed by atoms with van der Waals surface area (Å²) in [4.78, 5) is 5.20. The topological polar surface area (TPSA) is 34.2 Å². The van der Waals surface area contributed by atoms with Crippen molar-refractivity contribution in [3.05, 3.63) is 181 Å². The Kier molecular flexibility index (Phi) is 5.90. The molecule has 1 unspecified atom stereocenters. The molecule has 0 amide bonds. The number of rotatable bonds is 3. The molecule has 0 spiro atoms. The molecule has 0 bridgehead atoms. The molecule has 4 heteroatoms. The minimum atomic E-state index is -0.00451. The number of fused-ring (bicyclic) bond motifs is 7. The van der Waals surface area contributed by atoms with Crippen LogP contribution in [0, 0.1) is 0 Å². The highest BCUT2D eigenvalue weighted by Gasteiger charge is 2.26. The Labute approximate surface area is 277 Å². The minimum Gasteiger partial charge on any atom is -0.344 e. The summed E-state index contributed by atoms with van der Waals surface area (Å²) in [5.41, 5.74) is 11.6. The summed E-state index contributed by atoms with van der Waals surface area (Å²) in [6, 6.07) is 60.8. The van der Waals surface area contributed by atoms with Gasteiger partial charge < -0.3 is 9.88 Å². The highest BCUT2D eigenvalue weighted by atomic mass is 15.2. The van der Waals surface area contributed by atoms with Crippen LogP contribution in [0.25, 0.3) is 60.4 Å². The van der Waals surface area contributed by atoms with Gasteiger partial charge in [0.05, 0.1) is 33.8 Å². The van der Waals surface area contributed by atoms with Gasteiger partial charge in [0.15, 0.2) is 0 Å². The number of aromatic nitrogens is 2. The second-order valence-electron chi connectivity index (χ2n) is 12.5. The van der Waals surface area contributed by atoms with Gasteiger partial charge in [-0.3, -0.25) is 4.57 Å². The van der Waals surface area contributed by atoms with E-state index in [0.29, 0.717) is 0 Å². The summed E-state index contributed by atoms with van der Waals surface area (Å²) >= 11 is 0. The van der Waals surface area contributed by atoms with E-state index in [4.69, 9.17) is 4.99 Å². The zero-order chi connectivity index (χ0) is 31.6. The van der Waals surface area contributed by atoms with Gasteiger partial charge in [-0.25, -0.2) is 4.99 Å². The molecule has 9 aromatic rings. The van der Waals surface area contributed by atoms with Crippen LogP contribution in [0.5, 0.6) is 0 Å². The molecule has 0 aliphatic carbocycles. The molecule has 3 heterocycles. The van der Waals surface area contributed by atoms with Gasteiger partial charge in [-0.05, 0) is 71.3 Å². The molecule has 0 radical (unpaired) electrons. The van der Waals surface area contributed by atoms with Crippen LogP contribution < -0.4 is 5.32 Å². The fraction of sp³-hybridized carbons (Fsp3) is 0.0227. The fourth-order valence-electron chi connectivity index (χ4n) is 7.60. The molecule has 1 aliphatic heterocycles. The molecule has 226 valence electrons. The van der Waals surface area contributed by atoms with E-state index in [1.165, 1.54) is 60.5 Å². The minimum absolute atomic E-state index is 0.00451. The summed E-state index contributed by atoms with van der Waals surface area (Å²) in [7, 11) is 0. The Morgan fingerprint density at radius 3 is 1.65 bits per heavy atom. The van der Waals surface area contributed by atoms with E-state index in [2.05, 4.69) is 184 Å². The van der Waals surface area contributed by atoms with Crippen molar-refractivity contribution in [1.29, 1.82) is 0 Å². The Bertz CT molecular complexity index is 2700. The first-order valence-corrected chi connectivity index (χ1v) is 16.4. The average Bonchev–Trinajstić information content (AvgIpc) is 3.67. The quantitative estimate of drug-likeness (QED) is 0.211. The van der Waals surface area contributed by atoms with Crippen molar-refractivity contribution in [2.45, 2.75) is 6.04 Å². The first-order chi connectivity index (χ1) is 23.8. The molecule has 1 aliphatic rings. The van der Waals surface area contributed by atoms with Crippen molar-refractivity contribution < 1.29 is 0 Å². The van der Waals surface area contributed by atoms with Crippen molar-refractivity contribution in [3.8, 4) is 16.8 Å². The zero-order valence-corrected chi connectivity index (χ0v) is 26.1. The number of nitrogens with one attached hydrogen (secondary N) is 1. The van der Waals surface area contributed by atoms with Crippen LogP contribution >= 0.6 is 0 Å². The third-order valence-electron chi connectivity index (χ3n) is 9.79. The maximum Gasteiger partial charge on any atom is 0.209 e. The maximum absolute atomic E-state index is 5.20. The third-order valence-corrected chi connectivity index (χ3v) is 9.79. The third kappa shape index (κ3) is 4.06. The van der Waals surface area contributed by atoms with Crippen LogP contribution in [-0.4, -0.2) is 15.1 Å². The van der Waals surface area contributed by atoms with Crippen molar-refractivity contribution >= 4 is 55.3 Å². The Morgan fingerprint density at radius 1 is 0.438 bits per heavy atom. The van der Waals surface area contributed by atoms with E-state index in [9.17, 15) is 0 Å². The molecule has 0 saturated carbocycles. The van der Waals surface area contributed by atoms with E-state index in [0.717, 1.165) is 22.7 Å². The van der Waals surface area contributed by atoms with Crippen molar-refractivity contribution in [2.75, 3.05) is 0 Å². The summed E-state index contributed by atoms with van der Waals surface area (Å²) in [6.45, 7) is 0. The number of hydrogen-bond acceptors (Lipinski definition) is 2. The predicted molar refractivity (Wildman–Crippen MR) is 200 cm³/mol. The lowest BCUT2D eigenvalue weighted by molar-refractivity contribution is 0.731. The summed E-state index contributed by atoms with van der Waals surface area (Å²) < 4.78 is 4.65. The van der Waals surface area contributed by atoms with E-state index in [1.807, 2.05) is 0 Å². The second kappa shape index (κ2) is 10.6. The number of aliphatic imine (C=N–C) groups is 1. The highest BCUT2D eigenvalue weighted by Crippen LogP contribution is 2.39. The fourth-order valence-corrected chi connectivity index (χ4v) is 7.60. The van der Waals surface area contributed by atoms with Crippen LogP contribution in [0.1, 0.15) is 17.2 Å². The first kappa shape index (κ1) is 26.8. The van der Waals surface area contributed by atoms with Crippen LogP contribution in [0.15, 0.2) is 175 Å². The molecular formula is C44H30N4. The SMILES string of the molecule is c1ccc(C2NC(n3c4ccccc4c4cc(-c5ccc6c(c5)c5ccccc5n6-c5ccccc5)ccc43)=Nc3ccccc32)cc1. The normalized spacial score (nSPS) is 14.3. The first-order valence-electron chi connectivity index (χ1n) is 16.4. The van der Waals surface area contributed by atoms with Gasteiger partial charge >= 0.3 is 0 Å². The van der Waals surface area contributed by atoms with Gasteiger partial charge in [0.1, 0.15) is 0 Å². The summed E-state index contributed by atoms with van der Waals surface area (Å²) in [5.74, 6) is 0.830. The molecule has 2 aromatic heterocycles. The van der Waals surface area contributed by atoms with Gasteiger partial charge in [-0.15, -0.1) is 0 Å². The number of para-hydroxylation sites is 4. The van der Waals surface area contributed by atoms with Gasteiger partial charge in [0.25, 0.3) is 0 Å². The standard InChI is InChI=1S/C44H30N4/c1-3-13-29(14-4-1)43-35-19-7-10-20-38(35)45-44(46-43)48-40-22-12-9-18-34(40)37-28-31(24-26-42(37)48)30-23-25-41-36(27-30)33-17-8-11-21-39(33)47(41)32-15-5-2-6-16-32/h1-28,43H,(H,45,46). The maximum atomic E-state index is 5.20. The molecule has 48 heavy (non-hydrogen) atoms. The van der Waals surface area contributed by atoms with Gasteiger partial charge in [-0.2, -0.15) is 0 Å². The lowest BCUT2D eigenvalue weighted by Gasteiger charge is -2.28. The van der Waals surface area contributed by atoms with Crippen LogP contribution in [0.4, 0.5) is 5.69 Å². The van der Waals surface area contributed by atoms with E-state index in [-0.39, 0.29) is 6.04 Å². The van der Waals surface area contributed by atoms with E-state index in [1.54, 1.807) is 0 Å². The summed E-state index contributed by atoms with van der Waals surface area (Å²) in [5, 5.41) is 8.74. The van der Waals surface area contributed by atoms with Crippen molar-refractivity contribution in [3.63, 3.8) is 0 Å². The monoisotopic (exact) mass is 614 g/mol. The lowest BCUT2D eigenvalue weighted by Crippen LogP contribution is -2.36. The second-order valence-corrected chi connectivity index (χ2v) is 12.5. The molecule has 0 saturated heterocycles. The predicted octanol–water partition coefficient (Wildman–Crippen LogP) is 10.8. The lowest BCUT2D eigenvalue weighted by atomic mass is 9.96. The Morgan fingerprint density at radius 2 is 0.958 bits per heavy atom. The average molecular weight is 615 g/mol. The van der Waals surface area contributed by atoms with Crippen LogP contribution in [0.2, 0.25) is 0 Å². The van der Waals surface area contributed by atoms with Crippen LogP contribution in [-0.2, 0) is 0 Å². The van der Waals surface area contributed by atoms with E-state index >= 15 is 0 Å². The largest absolute Gasteiger partial charge is 0.344 e. The van der Waals surface area contributed by atoms with Gasteiger partial charge in [0, 0.05) is 32.8 Å². The Hall–Kier alpha value is -6.39. The van der Waals surface area contributed by atoms with Crippen molar-refractivity contribution in [1.82, 2.24) is 14.5 Å². The molecular weight excluding hydrogens is 585 g/mol. The summed E-state index contributed by atoms with van der Waals surface area (Å²) in [6.07, 6.45) is 0. The number of benzene rings is 7. The van der Waals surface area contributed by atoms with Gasteiger partial charge in [0.2, 0.25) is 5.96 Å². The molecule has 1 atom stereocenters. The molecule has 7 aromatic carbocycles. The molecule has 0 fully saturated rings. The zero-order valence-electron chi connectivity index (χ0n) is 26.1. The molecule has 1 N–H and O–H groups in total. The Balaban J connectivity index is 1.14. The van der Waals surface area contributed by atoms with Gasteiger partial charge in [-0.1, -0.05) is 115 Å². The number of nitrogens with zero attached hydrogens (tertiary/aromatic N) is 3. The molecule has 4 nitrogen and oxygen atoms in total. The van der Waals surface area contributed by atoms with Crippen LogP contribution in [0.3, 0.4) is 0 Å². The van der Waals surface area contributed by atoms with Crippen molar-refractivity contribution in [2.24, 2.45) is 4.99 Å². The molecule has 10 rings (SSSR count). The highest BCUT2D eigenvalue weighted by molar-refractivity contribution is 6.16. The van der Waals surface area contributed by atoms with E-state index < -0.39 is 0 Å².